The number of nitrogens with one attached hydrogen (secondary N) is 4. The number of hydrogen-bond acceptors (Lipinski definition) is 8. The van der Waals surface area contributed by atoms with E-state index < -0.39 is 16.1 Å². The second-order valence-electron chi connectivity index (χ2n) is 10.3. The summed E-state index contributed by atoms with van der Waals surface area (Å²) in [6.07, 6.45) is 1.47. The SMILES string of the molecule is CNC(=O)c1cc(Oc2ccc(NC(=O)Nc3sc(C(C)(C)C)cc3C(=O)N3CCNS(=O)(=O)CC3)cc2)ccn1. The van der Waals surface area contributed by atoms with Gasteiger partial charge in [-0.05, 0) is 41.8 Å². The van der Waals surface area contributed by atoms with Gasteiger partial charge in [0.25, 0.3) is 11.8 Å². The number of carbonyl (C=O) groups is 3. The molecule has 218 valence electrons. The van der Waals surface area contributed by atoms with Crippen molar-refractivity contribution in [3.8, 4) is 11.5 Å². The van der Waals surface area contributed by atoms with E-state index in [1.165, 1.54) is 35.5 Å². The Bertz CT molecular complexity index is 1550. The van der Waals surface area contributed by atoms with E-state index in [4.69, 9.17) is 4.74 Å². The lowest BCUT2D eigenvalue weighted by atomic mass is 9.94. The first kappa shape index (κ1) is 30.0. The van der Waals surface area contributed by atoms with Crippen LogP contribution in [0.5, 0.6) is 11.5 Å². The van der Waals surface area contributed by atoms with Crippen molar-refractivity contribution >= 4 is 49.9 Å². The number of ether oxygens (including phenoxy) is 1. The second-order valence-corrected chi connectivity index (χ2v) is 13.2. The molecule has 1 aliphatic heterocycles. The van der Waals surface area contributed by atoms with E-state index in [1.807, 2.05) is 20.8 Å². The molecule has 41 heavy (non-hydrogen) atoms. The quantitative estimate of drug-likeness (QED) is 0.336. The molecule has 0 spiro atoms. The third-order valence-electron chi connectivity index (χ3n) is 6.09. The zero-order valence-electron chi connectivity index (χ0n) is 23.1. The maximum Gasteiger partial charge on any atom is 0.324 e. The van der Waals surface area contributed by atoms with Crippen molar-refractivity contribution in [2.75, 3.05) is 43.1 Å². The third kappa shape index (κ3) is 7.80. The zero-order chi connectivity index (χ0) is 29.8. The van der Waals surface area contributed by atoms with Gasteiger partial charge >= 0.3 is 6.03 Å². The number of benzene rings is 1. The van der Waals surface area contributed by atoms with Crippen LogP contribution in [0, 0.1) is 0 Å². The van der Waals surface area contributed by atoms with Crippen LogP contribution in [-0.2, 0) is 15.4 Å². The average molecular weight is 601 g/mol. The first-order valence-corrected chi connectivity index (χ1v) is 15.3. The van der Waals surface area contributed by atoms with Crippen molar-refractivity contribution in [1.82, 2.24) is 19.9 Å². The molecule has 1 fully saturated rings. The summed E-state index contributed by atoms with van der Waals surface area (Å²) in [5.41, 5.74) is 0.746. The largest absolute Gasteiger partial charge is 0.457 e. The van der Waals surface area contributed by atoms with Gasteiger partial charge in [-0.2, -0.15) is 0 Å². The predicted octanol–water partition coefficient (Wildman–Crippen LogP) is 3.61. The van der Waals surface area contributed by atoms with Crippen LogP contribution in [0.15, 0.2) is 48.7 Å². The number of hydrogen-bond donors (Lipinski definition) is 4. The summed E-state index contributed by atoms with van der Waals surface area (Å²) in [4.78, 5) is 44.5. The van der Waals surface area contributed by atoms with Gasteiger partial charge in [0.1, 0.15) is 22.2 Å². The Hall–Kier alpha value is -4.01. The van der Waals surface area contributed by atoms with E-state index in [0.717, 1.165) is 4.88 Å². The molecule has 14 heteroatoms. The fourth-order valence-corrected chi connectivity index (χ4v) is 5.98. The van der Waals surface area contributed by atoms with Crippen LogP contribution in [0.25, 0.3) is 0 Å². The van der Waals surface area contributed by atoms with Crippen LogP contribution in [-0.4, -0.2) is 68.6 Å². The van der Waals surface area contributed by atoms with Crippen molar-refractivity contribution in [2.24, 2.45) is 0 Å². The van der Waals surface area contributed by atoms with Crippen LogP contribution in [0.1, 0.15) is 46.5 Å². The molecule has 0 saturated carbocycles. The van der Waals surface area contributed by atoms with E-state index in [2.05, 4.69) is 25.7 Å². The molecule has 1 aliphatic rings. The highest BCUT2D eigenvalue weighted by molar-refractivity contribution is 7.89. The number of pyridine rings is 1. The Morgan fingerprint density at radius 2 is 1.76 bits per heavy atom. The number of aromatic nitrogens is 1. The second kappa shape index (κ2) is 12.2. The molecule has 1 aromatic carbocycles. The van der Waals surface area contributed by atoms with Gasteiger partial charge in [-0.25, -0.2) is 17.9 Å². The van der Waals surface area contributed by atoms with E-state index in [0.29, 0.717) is 27.8 Å². The summed E-state index contributed by atoms with van der Waals surface area (Å²) in [6.45, 7) is 6.44. The lowest BCUT2D eigenvalue weighted by Crippen LogP contribution is -2.35. The number of anilines is 2. The minimum absolute atomic E-state index is 0.0571. The van der Waals surface area contributed by atoms with Gasteiger partial charge in [-0.1, -0.05) is 20.8 Å². The summed E-state index contributed by atoms with van der Waals surface area (Å²) in [5, 5.41) is 8.43. The van der Waals surface area contributed by atoms with Gasteiger partial charge < -0.3 is 20.3 Å². The molecular weight excluding hydrogens is 568 g/mol. The van der Waals surface area contributed by atoms with Gasteiger partial charge in [0.15, 0.2) is 0 Å². The fourth-order valence-electron chi connectivity index (χ4n) is 3.87. The minimum Gasteiger partial charge on any atom is -0.457 e. The highest BCUT2D eigenvalue weighted by atomic mass is 32.2. The first-order valence-electron chi connectivity index (χ1n) is 12.8. The monoisotopic (exact) mass is 600 g/mol. The number of amides is 4. The molecule has 4 amide bonds. The topological polar surface area (TPSA) is 159 Å². The Balaban J connectivity index is 1.45. The molecule has 12 nitrogen and oxygen atoms in total. The zero-order valence-corrected chi connectivity index (χ0v) is 24.7. The highest BCUT2D eigenvalue weighted by Crippen LogP contribution is 2.37. The van der Waals surface area contributed by atoms with Crippen LogP contribution in [0.2, 0.25) is 0 Å². The predicted molar refractivity (Wildman–Crippen MR) is 157 cm³/mol. The number of thiophene rings is 1. The molecule has 0 bridgehead atoms. The first-order chi connectivity index (χ1) is 19.3. The van der Waals surface area contributed by atoms with E-state index in [1.54, 1.807) is 36.4 Å². The molecule has 1 saturated heterocycles. The van der Waals surface area contributed by atoms with Crippen molar-refractivity contribution < 1.29 is 27.5 Å². The lowest BCUT2D eigenvalue weighted by molar-refractivity contribution is 0.0773. The Labute approximate surface area is 242 Å². The van der Waals surface area contributed by atoms with Gasteiger partial charge in [0, 0.05) is 49.5 Å². The summed E-state index contributed by atoms with van der Waals surface area (Å²) in [5.74, 6) is 0.0546. The molecule has 2 aromatic heterocycles. The van der Waals surface area contributed by atoms with Gasteiger partial charge in [0.2, 0.25) is 10.0 Å². The smallest absolute Gasteiger partial charge is 0.324 e. The summed E-state index contributed by atoms with van der Waals surface area (Å²) in [6, 6.07) is 11.0. The molecule has 0 radical (unpaired) electrons. The Morgan fingerprint density at radius 1 is 1.02 bits per heavy atom. The standard InChI is InChI=1S/C27H32N6O6S2/c1-27(2,3)22-16-20(25(35)33-12-11-30-41(37,38)14-13-33)24(40-22)32-26(36)31-17-5-7-18(8-6-17)39-19-9-10-29-21(15-19)23(34)28-4/h5-10,15-16,30H,11-14H2,1-4H3,(H,28,34)(H2,31,32,36). The molecule has 0 unspecified atom stereocenters. The third-order valence-corrected chi connectivity index (χ3v) is 8.93. The Kier molecular flexibility index (Phi) is 8.95. The van der Waals surface area contributed by atoms with Crippen molar-refractivity contribution in [3.63, 3.8) is 0 Å². The molecule has 3 heterocycles. The number of rotatable bonds is 6. The molecule has 3 aromatic rings. The lowest BCUT2D eigenvalue weighted by Gasteiger charge is -2.19. The van der Waals surface area contributed by atoms with Crippen molar-refractivity contribution in [2.45, 2.75) is 26.2 Å². The molecule has 4 rings (SSSR count). The normalized spacial score (nSPS) is 15.0. The molecular formula is C27H32N6O6S2. The van der Waals surface area contributed by atoms with E-state index >= 15 is 0 Å². The van der Waals surface area contributed by atoms with E-state index in [-0.39, 0.29) is 48.3 Å². The van der Waals surface area contributed by atoms with Crippen molar-refractivity contribution in [3.05, 3.63) is 64.8 Å². The van der Waals surface area contributed by atoms with Crippen LogP contribution < -0.4 is 25.4 Å². The number of urea groups is 1. The fraction of sp³-hybridized carbons (Fsp3) is 0.333. The van der Waals surface area contributed by atoms with E-state index in [9.17, 15) is 22.8 Å². The molecule has 0 aliphatic carbocycles. The number of carbonyl (C=O) groups excluding carboxylic acids is 3. The summed E-state index contributed by atoms with van der Waals surface area (Å²) >= 11 is 1.30. The van der Waals surface area contributed by atoms with Gasteiger partial charge in [-0.15, -0.1) is 11.3 Å². The van der Waals surface area contributed by atoms with Gasteiger partial charge in [0.05, 0.1) is 11.3 Å². The van der Waals surface area contributed by atoms with Gasteiger partial charge in [-0.3, -0.25) is 19.9 Å². The molecule has 4 N–H and O–H groups in total. The van der Waals surface area contributed by atoms with Crippen LogP contribution in [0.4, 0.5) is 15.5 Å². The van der Waals surface area contributed by atoms with Crippen LogP contribution >= 0.6 is 11.3 Å². The minimum atomic E-state index is -3.43. The molecule has 0 atom stereocenters. The highest BCUT2D eigenvalue weighted by Gasteiger charge is 2.29. The Morgan fingerprint density at radius 3 is 2.44 bits per heavy atom. The summed E-state index contributed by atoms with van der Waals surface area (Å²) < 4.78 is 32.1. The maximum absolute atomic E-state index is 13.4. The van der Waals surface area contributed by atoms with Crippen LogP contribution in [0.3, 0.4) is 0 Å². The average Bonchev–Trinajstić information content (AvgIpc) is 3.26. The number of sulfonamides is 1. The maximum atomic E-state index is 13.4. The van der Waals surface area contributed by atoms with Crippen molar-refractivity contribution in [1.29, 1.82) is 0 Å². The summed E-state index contributed by atoms with van der Waals surface area (Å²) in [7, 11) is -1.91. The number of nitrogens with zero attached hydrogens (tertiary/aromatic N) is 2.